The van der Waals surface area contributed by atoms with Crippen LogP contribution in [0.3, 0.4) is 0 Å². The smallest absolute Gasteiger partial charge is 0.338 e. The van der Waals surface area contributed by atoms with Crippen LogP contribution in [0.4, 0.5) is 0 Å². The van der Waals surface area contributed by atoms with Crippen LogP contribution in [0.2, 0.25) is 0 Å². The molecule has 0 saturated carbocycles. The molecular weight excluding hydrogens is 672 g/mol. The van der Waals surface area contributed by atoms with Crippen molar-refractivity contribution in [1.82, 2.24) is 0 Å². The van der Waals surface area contributed by atoms with Gasteiger partial charge in [0.2, 0.25) is 5.75 Å². The van der Waals surface area contributed by atoms with Crippen LogP contribution in [0, 0.1) is 13.8 Å². The van der Waals surface area contributed by atoms with Crippen molar-refractivity contribution in [2.45, 2.75) is 74.0 Å². The van der Waals surface area contributed by atoms with Crippen LogP contribution in [0.25, 0.3) is 0 Å². The van der Waals surface area contributed by atoms with E-state index in [1.165, 1.54) is 38.1 Å². The largest absolute Gasteiger partial charge is 0.481 e. The molecule has 0 fully saturated rings. The van der Waals surface area contributed by atoms with E-state index in [0.717, 1.165) is 34.6 Å². The van der Waals surface area contributed by atoms with Crippen LogP contribution in [0.1, 0.15) is 80.3 Å². The van der Waals surface area contributed by atoms with Crippen molar-refractivity contribution >= 4 is 41.8 Å². The highest BCUT2D eigenvalue weighted by atomic mass is 16.6. The van der Waals surface area contributed by atoms with Crippen molar-refractivity contribution in [2.75, 3.05) is 0 Å². The second-order valence-corrected chi connectivity index (χ2v) is 11.4. The van der Waals surface area contributed by atoms with E-state index in [-0.39, 0.29) is 63.4 Å². The fourth-order valence-electron chi connectivity index (χ4n) is 5.18. The summed E-state index contributed by atoms with van der Waals surface area (Å²) in [4.78, 5) is 85.7. The molecule has 3 aromatic rings. The number of aryl methyl sites for hydroxylation is 1. The quantitative estimate of drug-likeness (QED) is 0.218. The van der Waals surface area contributed by atoms with Gasteiger partial charge in [-0.2, -0.15) is 0 Å². The summed E-state index contributed by atoms with van der Waals surface area (Å²) in [6.45, 7) is 10.1. The third-order valence-corrected chi connectivity index (χ3v) is 7.00. The summed E-state index contributed by atoms with van der Waals surface area (Å²) in [5.41, 5.74) is 1.25. The molecule has 0 radical (unpaired) electrons. The van der Waals surface area contributed by atoms with Gasteiger partial charge in [0, 0.05) is 64.7 Å². The van der Waals surface area contributed by atoms with E-state index < -0.39 is 54.0 Å². The lowest BCUT2D eigenvalue weighted by atomic mass is 9.92. The molecule has 15 heteroatoms. The third kappa shape index (κ3) is 9.47. The molecular formula is C36H34O15. The lowest BCUT2D eigenvalue weighted by molar-refractivity contribution is -0.135. The topological polar surface area (TPSA) is 193 Å². The molecule has 3 aromatic carbocycles. The number of rotatable bonds is 9. The van der Waals surface area contributed by atoms with Gasteiger partial charge in [0.15, 0.2) is 17.6 Å². The maximum atomic E-state index is 13.9. The highest BCUT2D eigenvalue weighted by Gasteiger charge is 2.38. The summed E-state index contributed by atoms with van der Waals surface area (Å²) in [5.74, 6) is -6.16. The van der Waals surface area contributed by atoms with Crippen molar-refractivity contribution in [3.8, 4) is 40.2 Å². The van der Waals surface area contributed by atoms with E-state index in [9.17, 15) is 33.6 Å². The van der Waals surface area contributed by atoms with Crippen molar-refractivity contribution in [1.29, 1.82) is 0 Å². The Morgan fingerprint density at radius 1 is 0.569 bits per heavy atom. The lowest BCUT2D eigenvalue weighted by Crippen LogP contribution is -2.35. The normalized spacial score (nSPS) is 14.5. The minimum atomic E-state index is -1.24. The molecule has 4 rings (SSSR count). The molecule has 1 aliphatic rings. The summed E-state index contributed by atoms with van der Waals surface area (Å²) < 4.78 is 44.2. The molecule has 51 heavy (non-hydrogen) atoms. The first kappa shape index (κ1) is 37.6. The summed E-state index contributed by atoms with van der Waals surface area (Å²) in [6.07, 6.45) is -2.58. The fraction of sp³-hybridized carbons (Fsp3) is 0.306. The predicted octanol–water partition coefficient (Wildman–Crippen LogP) is 4.76. The van der Waals surface area contributed by atoms with Gasteiger partial charge in [0.25, 0.3) is 0 Å². The number of hydrogen-bond donors (Lipinski definition) is 0. The van der Waals surface area contributed by atoms with Crippen molar-refractivity contribution in [3.63, 3.8) is 0 Å². The van der Waals surface area contributed by atoms with Crippen LogP contribution >= 0.6 is 0 Å². The zero-order valence-corrected chi connectivity index (χ0v) is 28.9. The number of carbonyl (C=O) groups is 7. The Balaban J connectivity index is 1.91. The van der Waals surface area contributed by atoms with Crippen LogP contribution in [0.15, 0.2) is 36.4 Å². The molecule has 0 unspecified atom stereocenters. The number of ether oxygens (including phenoxy) is 8. The molecule has 268 valence electrons. The summed E-state index contributed by atoms with van der Waals surface area (Å²) >= 11 is 0. The van der Waals surface area contributed by atoms with E-state index >= 15 is 0 Å². The van der Waals surface area contributed by atoms with E-state index in [1.54, 1.807) is 19.1 Å². The van der Waals surface area contributed by atoms with Gasteiger partial charge in [-0.25, -0.2) is 4.79 Å². The third-order valence-electron chi connectivity index (χ3n) is 7.00. The van der Waals surface area contributed by atoms with E-state index in [0.29, 0.717) is 11.1 Å². The van der Waals surface area contributed by atoms with Gasteiger partial charge in [-0.05, 0) is 55.8 Å². The molecule has 1 aliphatic heterocycles. The first-order valence-electron chi connectivity index (χ1n) is 15.4. The Kier molecular flexibility index (Phi) is 11.4. The maximum Gasteiger partial charge on any atom is 0.338 e. The lowest BCUT2D eigenvalue weighted by Gasteiger charge is -2.34. The van der Waals surface area contributed by atoms with Crippen LogP contribution in [0.5, 0.6) is 40.2 Å². The summed E-state index contributed by atoms with van der Waals surface area (Å²) in [7, 11) is 0. The van der Waals surface area contributed by atoms with E-state index in [1.807, 2.05) is 0 Å². The Morgan fingerprint density at radius 2 is 1.02 bits per heavy atom. The standard InChI is InChI=1S/C36H34O15/c1-16-9-29(46-20(5)39)26-15-33(51-36(43)25-13-27(44-18(3)37)17(2)28(14-25)45-19(4)38)34(50-30(26)10-16)24-11-31(47-21(6)40)35(49-23(8)42)32(12-24)48-22(7)41/h9-14,33-34H,15H2,1-8H3/t33-,34-/m1/s1. The molecule has 0 aliphatic carbocycles. The average molecular weight is 707 g/mol. The Labute approximate surface area is 291 Å². The SMILES string of the molecule is CC(=O)Oc1cc(C(=O)O[C@@H]2Cc3c(OC(C)=O)cc(C)cc3O[C@@H]2c2cc(OC(C)=O)c(OC(C)=O)c(OC(C)=O)c2)cc(OC(C)=O)c1C. The van der Waals surface area contributed by atoms with Gasteiger partial charge in [-0.1, -0.05) is 0 Å². The molecule has 0 aromatic heterocycles. The van der Waals surface area contributed by atoms with Crippen LogP contribution < -0.4 is 33.2 Å². The number of fused-ring (bicyclic) bond motifs is 1. The first-order chi connectivity index (χ1) is 23.9. The van der Waals surface area contributed by atoms with Crippen LogP contribution in [-0.4, -0.2) is 47.9 Å². The highest BCUT2D eigenvalue weighted by Crippen LogP contribution is 2.46. The zero-order chi connectivity index (χ0) is 37.7. The number of hydrogen-bond acceptors (Lipinski definition) is 15. The maximum absolute atomic E-state index is 13.9. The van der Waals surface area contributed by atoms with Gasteiger partial charge in [0.05, 0.1) is 5.56 Å². The van der Waals surface area contributed by atoms with Crippen LogP contribution in [-0.2, 0) is 39.9 Å². The Hall–Kier alpha value is -6.25. The zero-order valence-electron chi connectivity index (χ0n) is 28.9. The molecule has 15 nitrogen and oxygen atoms in total. The monoisotopic (exact) mass is 706 g/mol. The number of esters is 7. The average Bonchev–Trinajstić information content (AvgIpc) is 2.99. The molecule has 1 heterocycles. The molecule has 0 saturated heterocycles. The Morgan fingerprint density at radius 3 is 1.49 bits per heavy atom. The van der Waals surface area contributed by atoms with E-state index in [2.05, 4.69) is 0 Å². The fourth-order valence-corrected chi connectivity index (χ4v) is 5.18. The molecule has 0 bridgehead atoms. The van der Waals surface area contributed by atoms with Crippen molar-refractivity contribution < 1.29 is 71.5 Å². The predicted molar refractivity (Wildman–Crippen MR) is 173 cm³/mol. The minimum Gasteiger partial charge on any atom is -0.481 e. The first-order valence-corrected chi connectivity index (χ1v) is 15.4. The number of benzene rings is 3. The number of carbonyl (C=O) groups excluding carboxylic acids is 7. The van der Waals surface area contributed by atoms with Gasteiger partial charge in [0.1, 0.15) is 29.1 Å². The second kappa shape index (κ2) is 15.5. The van der Waals surface area contributed by atoms with Gasteiger partial charge in [-0.3, -0.25) is 28.8 Å². The second-order valence-electron chi connectivity index (χ2n) is 11.4. The Bertz CT molecular complexity index is 1880. The van der Waals surface area contributed by atoms with Gasteiger partial charge < -0.3 is 37.9 Å². The van der Waals surface area contributed by atoms with E-state index in [4.69, 9.17) is 37.9 Å². The molecule has 0 amide bonds. The highest BCUT2D eigenvalue weighted by molar-refractivity contribution is 5.92. The summed E-state index contributed by atoms with van der Waals surface area (Å²) in [5, 5.41) is 0. The molecule has 0 N–H and O–H groups in total. The molecule has 2 atom stereocenters. The van der Waals surface area contributed by atoms with Crippen molar-refractivity contribution in [2.24, 2.45) is 0 Å². The van der Waals surface area contributed by atoms with Gasteiger partial charge >= 0.3 is 41.8 Å². The summed E-state index contributed by atoms with van der Waals surface area (Å²) in [6, 6.07) is 8.31. The van der Waals surface area contributed by atoms with Crippen molar-refractivity contribution in [3.05, 3.63) is 64.2 Å². The molecule has 0 spiro atoms. The minimum absolute atomic E-state index is 0.0688. The van der Waals surface area contributed by atoms with Gasteiger partial charge in [-0.15, -0.1) is 0 Å².